The fraction of sp³-hybridized carbons (Fsp3) is 0.588. The molecule has 1 aliphatic carbocycles. The van der Waals surface area contributed by atoms with Crippen molar-refractivity contribution in [1.82, 2.24) is 15.1 Å². The molecule has 3 rings (SSSR count). The van der Waals surface area contributed by atoms with Gasteiger partial charge in [-0.3, -0.25) is 9.69 Å². The molecular weight excluding hydrogens is 262 g/mol. The van der Waals surface area contributed by atoms with E-state index in [9.17, 15) is 4.79 Å². The standard InChI is InChI=1S/C17H25N3O/c1-2-19-10-12-20(13-11-19)16(14-6-4-3-5-7-14)17(21)18-15-8-9-15/h3-7,15-16H,2,8-13H2,1H3,(H,18,21)/t16-/m0/s1. The third kappa shape index (κ3) is 3.63. The molecule has 0 bridgehead atoms. The molecule has 4 nitrogen and oxygen atoms in total. The highest BCUT2D eigenvalue weighted by molar-refractivity contribution is 5.83. The first-order valence-corrected chi connectivity index (χ1v) is 8.09. The summed E-state index contributed by atoms with van der Waals surface area (Å²) < 4.78 is 0. The molecule has 4 heteroatoms. The summed E-state index contributed by atoms with van der Waals surface area (Å²) in [6.45, 7) is 7.33. The number of likely N-dealkylation sites (N-methyl/N-ethyl adjacent to an activating group) is 1. The molecule has 2 fully saturated rings. The molecule has 1 N–H and O–H groups in total. The first-order valence-electron chi connectivity index (χ1n) is 8.09. The Hall–Kier alpha value is -1.39. The van der Waals surface area contributed by atoms with E-state index in [1.54, 1.807) is 0 Å². The monoisotopic (exact) mass is 287 g/mol. The lowest BCUT2D eigenvalue weighted by molar-refractivity contribution is -0.127. The van der Waals surface area contributed by atoms with Gasteiger partial charge in [0.2, 0.25) is 5.91 Å². The quantitative estimate of drug-likeness (QED) is 0.894. The second-order valence-corrected chi connectivity index (χ2v) is 6.07. The molecule has 1 saturated carbocycles. The Labute approximate surface area is 127 Å². The van der Waals surface area contributed by atoms with E-state index in [1.165, 1.54) is 0 Å². The molecule has 114 valence electrons. The van der Waals surface area contributed by atoms with Gasteiger partial charge in [0, 0.05) is 32.2 Å². The van der Waals surface area contributed by atoms with E-state index in [0.29, 0.717) is 6.04 Å². The highest BCUT2D eigenvalue weighted by Gasteiger charge is 2.33. The molecule has 0 spiro atoms. The molecule has 21 heavy (non-hydrogen) atoms. The van der Waals surface area contributed by atoms with Crippen molar-refractivity contribution in [2.75, 3.05) is 32.7 Å². The van der Waals surface area contributed by atoms with Crippen LogP contribution in [0.3, 0.4) is 0 Å². The lowest BCUT2D eigenvalue weighted by Crippen LogP contribution is -2.51. The van der Waals surface area contributed by atoms with Gasteiger partial charge in [0.15, 0.2) is 0 Å². The molecule has 1 heterocycles. The normalized spacial score (nSPS) is 22.0. The summed E-state index contributed by atoms with van der Waals surface area (Å²) in [5, 5.41) is 3.18. The summed E-state index contributed by atoms with van der Waals surface area (Å²) in [4.78, 5) is 17.5. The molecule has 1 aromatic rings. The van der Waals surface area contributed by atoms with Gasteiger partial charge in [-0.15, -0.1) is 0 Å². The molecule has 0 radical (unpaired) electrons. The first kappa shape index (κ1) is 14.5. The Morgan fingerprint density at radius 2 is 1.86 bits per heavy atom. The van der Waals surface area contributed by atoms with Gasteiger partial charge in [-0.2, -0.15) is 0 Å². The van der Waals surface area contributed by atoms with Crippen LogP contribution in [-0.2, 0) is 4.79 Å². The number of piperazine rings is 1. The summed E-state index contributed by atoms with van der Waals surface area (Å²) in [7, 11) is 0. The largest absolute Gasteiger partial charge is 0.352 e. The maximum Gasteiger partial charge on any atom is 0.242 e. The van der Waals surface area contributed by atoms with Crippen molar-refractivity contribution < 1.29 is 4.79 Å². The van der Waals surface area contributed by atoms with Crippen LogP contribution in [0.5, 0.6) is 0 Å². The zero-order valence-electron chi connectivity index (χ0n) is 12.8. The van der Waals surface area contributed by atoms with Gasteiger partial charge >= 0.3 is 0 Å². The summed E-state index contributed by atoms with van der Waals surface area (Å²) in [6.07, 6.45) is 2.27. The van der Waals surface area contributed by atoms with E-state index < -0.39 is 0 Å². The molecule has 1 atom stereocenters. The van der Waals surface area contributed by atoms with Crippen LogP contribution in [-0.4, -0.2) is 54.5 Å². The second-order valence-electron chi connectivity index (χ2n) is 6.07. The lowest BCUT2D eigenvalue weighted by Gasteiger charge is -2.38. The molecule has 0 aromatic heterocycles. The van der Waals surface area contributed by atoms with Crippen LogP contribution < -0.4 is 5.32 Å². The van der Waals surface area contributed by atoms with Crippen LogP contribution in [0, 0.1) is 0 Å². The zero-order valence-corrected chi connectivity index (χ0v) is 12.8. The zero-order chi connectivity index (χ0) is 14.7. The van der Waals surface area contributed by atoms with E-state index >= 15 is 0 Å². The van der Waals surface area contributed by atoms with Crippen LogP contribution in [0.1, 0.15) is 31.4 Å². The number of rotatable bonds is 5. The number of hydrogen-bond donors (Lipinski definition) is 1. The maximum atomic E-state index is 12.7. The molecule has 1 saturated heterocycles. The Bertz CT molecular complexity index is 464. The van der Waals surface area contributed by atoms with Crippen molar-refractivity contribution in [3.63, 3.8) is 0 Å². The summed E-state index contributed by atoms with van der Waals surface area (Å²) in [6, 6.07) is 10.5. The van der Waals surface area contributed by atoms with Crippen molar-refractivity contribution in [2.45, 2.75) is 31.8 Å². The third-order valence-corrected chi connectivity index (χ3v) is 4.51. The van der Waals surface area contributed by atoms with Crippen LogP contribution in [0.2, 0.25) is 0 Å². The molecule has 1 aromatic carbocycles. The SMILES string of the molecule is CCN1CCN([C@H](C(=O)NC2CC2)c2ccccc2)CC1. The van der Waals surface area contributed by atoms with Gasteiger partial charge < -0.3 is 10.2 Å². The van der Waals surface area contributed by atoms with Crippen LogP contribution >= 0.6 is 0 Å². The molecule has 1 amide bonds. The lowest BCUT2D eigenvalue weighted by atomic mass is 10.0. The smallest absolute Gasteiger partial charge is 0.242 e. The fourth-order valence-electron chi connectivity index (χ4n) is 3.01. The maximum absolute atomic E-state index is 12.7. The number of benzene rings is 1. The Morgan fingerprint density at radius 1 is 1.19 bits per heavy atom. The van der Waals surface area contributed by atoms with Gasteiger partial charge in [0.25, 0.3) is 0 Å². The van der Waals surface area contributed by atoms with E-state index in [-0.39, 0.29) is 11.9 Å². The minimum Gasteiger partial charge on any atom is -0.352 e. The highest BCUT2D eigenvalue weighted by Crippen LogP contribution is 2.25. The minimum atomic E-state index is -0.134. The molecule has 1 aliphatic heterocycles. The average Bonchev–Trinajstić information content (AvgIpc) is 3.33. The van der Waals surface area contributed by atoms with Crippen molar-refractivity contribution in [3.8, 4) is 0 Å². The van der Waals surface area contributed by atoms with Crippen LogP contribution in [0.4, 0.5) is 0 Å². The van der Waals surface area contributed by atoms with E-state index in [1.807, 2.05) is 18.2 Å². The third-order valence-electron chi connectivity index (χ3n) is 4.51. The predicted octanol–water partition coefficient (Wildman–Crippen LogP) is 1.64. The topological polar surface area (TPSA) is 35.6 Å². The summed E-state index contributed by atoms with van der Waals surface area (Å²) in [5.74, 6) is 0.175. The molecule has 0 unspecified atom stereocenters. The Balaban J connectivity index is 1.74. The molecule has 2 aliphatic rings. The molecular formula is C17H25N3O. The fourth-order valence-corrected chi connectivity index (χ4v) is 3.01. The number of nitrogens with zero attached hydrogens (tertiary/aromatic N) is 2. The highest BCUT2D eigenvalue weighted by atomic mass is 16.2. The van der Waals surface area contributed by atoms with E-state index in [2.05, 4.69) is 34.2 Å². The first-order chi connectivity index (χ1) is 10.3. The number of hydrogen-bond acceptors (Lipinski definition) is 3. The Kier molecular flexibility index (Phi) is 4.56. The number of carbonyl (C=O) groups is 1. The van der Waals surface area contributed by atoms with E-state index in [0.717, 1.165) is 51.1 Å². The van der Waals surface area contributed by atoms with Gasteiger partial charge in [-0.05, 0) is 24.9 Å². The predicted molar refractivity (Wildman–Crippen MR) is 84.0 cm³/mol. The van der Waals surface area contributed by atoms with Gasteiger partial charge in [-0.25, -0.2) is 0 Å². The van der Waals surface area contributed by atoms with Crippen LogP contribution in [0.25, 0.3) is 0 Å². The summed E-state index contributed by atoms with van der Waals surface area (Å²) >= 11 is 0. The van der Waals surface area contributed by atoms with Gasteiger partial charge in [0.05, 0.1) is 0 Å². The summed E-state index contributed by atoms with van der Waals surface area (Å²) in [5.41, 5.74) is 1.11. The Morgan fingerprint density at radius 3 is 2.43 bits per heavy atom. The average molecular weight is 287 g/mol. The van der Waals surface area contributed by atoms with Gasteiger partial charge in [0.1, 0.15) is 6.04 Å². The van der Waals surface area contributed by atoms with Gasteiger partial charge in [-0.1, -0.05) is 37.3 Å². The number of carbonyl (C=O) groups excluding carboxylic acids is 1. The number of amides is 1. The van der Waals surface area contributed by atoms with Crippen molar-refractivity contribution in [2.24, 2.45) is 0 Å². The number of nitrogens with one attached hydrogen (secondary N) is 1. The van der Waals surface area contributed by atoms with Crippen molar-refractivity contribution in [3.05, 3.63) is 35.9 Å². The van der Waals surface area contributed by atoms with Crippen molar-refractivity contribution >= 4 is 5.91 Å². The second kappa shape index (κ2) is 6.58. The van der Waals surface area contributed by atoms with Crippen LogP contribution in [0.15, 0.2) is 30.3 Å². The van der Waals surface area contributed by atoms with E-state index in [4.69, 9.17) is 0 Å². The minimum absolute atomic E-state index is 0.134. The van der Waals surface area contributed by atoms with Crippen molar-refractivity contribution in [1.29, 1.82) is 0 Å².